The number of hydroxylamine groups is 1. The Hall–Kier alpha value is -4.01. The topological polar surface area (TPSA) is 82.0 Å². The summed E-state index contributed by atoms with van der Waals surface area (Å²) in [5.41, 5.74) is 4.16. The number of carbonyl (C=O) groups is 1. The molecule has 164 valence electrons. The molecule has 0 aliphatic carbocycles. The molecule has 0 amide bonds. The van der Waals surface area contributed by atoms with Crippen LogP contribution in [0.2, 0.25) is 0 Å². The van der Waals surface area contributed by atoms with Crippen LogP contribution in [0.3, 0.4) is 0 Å². The van der Waals surface area contributed by atoms with Crippen LogP contribution in [0.25, 0.3) is 11.1 Å². The molecule has 1 unspecified atom stereocenters. The van der Waals surface area contributed by atoms with Gasteiger partial charge in [-0.05, 0) is 60.0 Å². The molecule has 2 heterocycles. The number of pyridine rings is 1. The molecule has 2 aromatic carbocycles. The van der Waals surface area contributed by atoms with Crippen LogP contribution < -0.4 is 10.2 Å². The van der Waals surface area contributed by atoms with Crippen LogP contribution in [-0.4, -0.2) is 31.2 Å². The SMILES string of the molecule is COc1ccc(C2(c3ccc(F)c(-c4ccc(F)nc4)c3)COC(NOC=O)=N2)cc1C. The number of methoxy groups -OCH3 is 1. The summed E-state index contributed by atoms with van der Waals surface area (Å²) in [6, 6.07) is 12.7. The number of nitrogens with one attached hydrogen (secondary N) is 1. The second-order valence-corrected chi connectivity index (χ2v) is 7.13. The van der Waals surface area contributed by atoms with Crippen molar-refractivity contribution in [1.29, 1.82) is 0 Å². The van der Waals surface area contributed by atoms with Crippen molar-refractivity contribution in [3.8, 4) is 16.9 Å². The van der Waals surface area contributed by atoms with Gasteiger partial charge in [0.2, 0.25) is 5.95 Å². The lowest BCUT2D eigenvalue weighted by atomic mass is 9.82. The maximum absolute atomic E-state index is 14.7. The van der Waals surface area contributed by atoms with Gasteiger partial charge in [0.05, 0.1) is 7.11 Å². The van der Waals surface area contributed by atoms with Gasteiger partial charge < -0.3 is 14.3 Å². The molecule has 1 aliphatic heterocycles. The minimum Gasteiger partial charge on any atom is -0.496 e. The number of aromatic nitrogens is 1. The molecular formula is C23H19F2N3O4. The number of hydrogen-bond acceptors (Lipinski definition) is 7. The molecule has 1 aromatic heterocycles. The first-order chi connectivity index (χ1) is 15.5. The van der Waals surface area contributed by atoms with Gasteiger partial charge in [-0.1, -0.05) is 12.1 Å². The molecule has 4 rings (SSSR count). The molecule has 7 nitrogen and oxygen atoms in total. The molecule has 1 N–H and O–H groups in total. The van der Waals surface area contributed by atoms with E-state index in [9.17, 15) is 13.6 Å². The highest BCUT2D eigenvalue weighted by Gasteiger charge is 2.41. The van der Waals surface area contributed by atoms with E-state index in [1.165, 1.54) is 24.4 Å². The van der Waals surface area contributed by atoms with E-state index in [4.69, 9.17) is 9.47 Å². The summed E-state index contributed by atoms with van der Waals surface area (Å²) in [7, 11) is 1.58. The summed E-state index contributed by atoms with van der Waals surface area (Å²) in [6.45, 7) is 2.17. The number of carbonyl (C=O) groups excluding carboxylic acids is 1. The van der Waals surface area contributed by atoms with Crippen LogP contribution in [0.15, 0.2) is 59.7 Å². The fourth-order valence-corrected chi connectivity index (χ4v) is 3.67. The third-order valence-corrected chi connectivity index (χ3v) is 5.26. The maximum atomic E-state index is 14.7. The first-order valence-electron chi connectivity index (χ1n) is 9.62. The molecule has 9 heteroatoms. The highest BCUT2D eigenvalue weighted by atomic mass is 19.1. The van der Waals surface area contributed by atoms with Crippen LogP contribution >= 0.6 is 0 Å². The smallest absolute Gasteiger partial charge is 0.320 e. The Morgan fingerprint density at radius 2 is 1.91 bits per heavy atom. The Balaban J connectivity index is 1.87. The van der Waals surface area contributed by atoms with E-state index in [0.717, 1.165) is 11.1 Å². The number of ether oxygens (including phenoxy) is 2. The Morgan fingerprint density at radius 1 is 1.12 bits per heavy atom. The minimum atomic E-state index is -1.07. The highest BCUT2D eigenvalue weighted by molar-refractivity contribution is 5.77. The molecule has 1 aliphatic rings. The second kappa shape index (κ2) is 8.62. The number of aliphatic imine (C=N–C) groups is 1. The van der Waals surface area contributed by atoms with Gasteiger partial charge in [0.15, 0.2) is 5.54 Å². The Labute approximate surface area is 182 Å². The predicted octanol–water partition coefficient (Wildman–Crippen LogP) is 3.65. The van der Waals surface area contributed by atoms with Crippen molar-refractivity contribution in [2.24, 2.45) is 4.99 Å². The third-order valence-electron chi connectivity index (χ3n) is 5.26. The number of benzene rings is 2. The zero-order chi connectivity index (χ0) is 22.7. The van der Waals surface area contributed by atoms with Gasteiger partial charge >= 0.3 is 12.5 Å². The number of halogens is 2. The van der Waals surface area contributed by atoms with Gasteiger partial charge in [0.25, 0.3) is 0 Å². The number of nitrogens with zero attached hydrogens (tertiary/aromatic N) is 2. The number of amidine groups is 1. The van der Waals surface area contributed by atoms with Crippen LogP contribution in [-0.2, 0) is 19.9 Å². The fraction of sp³-hybridized carbons (Fsp3) is 0.174. The van der Waals surface area contributed by atoms with Crippen molar-refractivity contribution in [3.63, 3.8) is 0 Å². The molecule has 0 radical (unpaired) electrons. The Bertz CT molecular complexity index is 1180. The standard InChI is InChI=1S/C23H19F2N3O4/c1-14-9-16(5-7-20(14)30-2)23(12-31-22(27-23)28-32-13-29)17-4-6-19(24)18(10-17)15-3-8-21(25)26-11-15/h3-11,13H,12H2,1-2H3,(H,27,28). The maximum Gasteiger partial charge on any atom is 0.320 e. The summed E-state index contributed by atoms with van der Waals surface area (Å²) in [4.78, 5) is 23.4. The van der Waals surface area contributed by atoms with E-state index in [1.54, 1.807) is 19.2 Å². The summed E-state index contributed by atoms with van der Waals surface area (Å²) >= 11 is 0. The summed E-state index contributed by atoms with van der Waals surface area (Å²) in [5.74, 6) is -0.449. The van der Waals surface area contributed by atoms with Gasteiger partial charge in [-0.15, -0.1) is 0 Å². The van der Waals surface area contributed by atoms with Gasteiger partial charge in [0, 0.05) is 17.3 Å². The average Bonchev–Trinajstić information content (AvgIpc) is 3.24. The van der Waals surface area contributed by atoms with Crippen LogP contribution in [0.1, 0.15) is 16.7 Å². The fourth-order valence-electron chi connectivity index (χ4n) is 3.67. The summed E-state index contributed by atoms with van der Waals surface area (Å²) in [6.07, 6.45) is 1.26. The zero-order valence-electron chi connectivity index (χ0n) is 17.3. The molecule has 0 fully saturated rings. The van der Waals surface area contributed by atoms with Crippen molar-refractivity contribution in [1.82, 2.24) is 10.5 Å². The molecule has 32 heavy (non-hydrogen) atoms. The third kappa shape index (κ3) is 3.84. The highest BCUT2D eigenvalue weighted by Crippen LogP contribution is 2.41. The molecule has 0 bridgehead atoms. The first kappa shape index (κ1) is 21.2. The van der Waals surface area contributed by atoms with Gasteiger partial charge in [-0.25, -0.2) is 14.4 Å². The van der Waals surface area contributed by atoms with Crippen molar-refractivity contribution >= 4 is 12.5 Å². The van der Waals surface area contributed by atoms with E-state index >= 15 is 0 Å². The van der Waals surface area contributed by atoms with Crippen molar-refractivity contribution in [2.45, 2.75) is 12.5 Å². The quantitative estimate of drug-likeness (QED) is 0.359. The largest absolute Gasteiger partial charge is 0.496 e. The lowest BCUT2D eigenvalue weighted by molar-refractivity contribution is -0.132. The van der Waals surface area contributed by atoms with E-state index in [-0.39, 0.29) is 24.7 Å². The molecule has 0 saturated heterocycles. The zero-order valence-corrected chi connectivity index (χ0v) is 17.3. The predicted molar refractivity (Wildman–Crippen MR) is 112 cm³/mol. The average molecular weight is 439 g/mol. The lowest BCUT2D eigenvalue weighted by Crippen LogP contribution is -2.27. The van der Waals surface area contributed by atoms with E-state index in [2.05, 4.69) is 20.3 Å². The molecule has 3 aromatic rings. The Kier molecular flexibility index (Phi) is 5.72. The van der Waals surface area contributed by atoms with Crippen molar-refractivity contribution in [3.05, 3.63) is 83.2 Å². The number of hydrogen-bond donors (Lipinski definition) is 1. The summed E-state index contributed by atoms with van der Waals surface area (Å²) in [5, 5.41) is 0. The van der Waals surface area contributed by atoms with Crippen molar-refractivity contribution < 1.29 is 27.9 Å². The van der Waals surface area contributed by atoms with E-state index in [0.29, 0.717) is 16.9 Å². The number of rotatable bonds is 6. The molecular weight excluding hydrogens is 420 g/mol. The number of aryl methyl sites for hydroxylation is 1. The van der Waals surface area contributed by atoms with Crippen LogP contribution in [0.5, 0.6) is 5.75 Å². The van der Waals surface area contributed by atoms with Crippen LogP contribution in [0, 0.1) is 18.7 Å². The molecule has 0 spiro atoms. The first-order valence-corrected chi connectivity index (χ1v) is 9.62. The van der Waals surface area contributed by atoms with Crippen LogP contribution in [0.4, 0.5) is 8.78 Å². The monoisotopic (exact) mass is 439 g/mol. The van der Waals surface area contributed by atoms with Gasteiger partial charge in [-0.3, -0.25) is 4.79 Å². The molecule has 0 saturated carbocycles. The van der Waals surface area contributed by atoms with Gasteiger partial charge in [0.1, 0.15) is 18.2 Å². The Morgan fingerprint density at radius 3 is 2.59 bits per heavy atom. The normalized spacial score (nSPS) is 17.3. The second-order valence-electron chi connectivity index (χ2n) is 7.13. The van der Waals surface area contributed by atoms with Gasteiger partial charge in [-0.2, -0.15) is 9.87 Å². The summed E-state index contributed by atoms with van der Waals surface area (Å²) < 4.78 is 38.9. The molecule has 1 atom stereocenters. The van der Waals surface area contributed by atoms with E-state index < -0.39 is 17.3 Å². The van der Waals surface area contributed by atoms with Crippen molar-refractivity contribution in [2.75, 3.05) is 13.7 Å². The van der Waals surface area contributed by atoms with E-state index in [1.807, 2.05) is 25.1 Å². The lowest BCUT2D eigenvalue weighted by Gasteiger charge is -2.26. The minimum absolute atomic E-state index is 0.0000973.